The van der Waals surface area contributed by atoms with Gasteiger partial charge in [0.2, 0.25) is 0 Å². The van der Waals surface area contributed by atoms with Crippen LogP contribution in [0.1, 0.15) is 25.5 Å². The molecule has 0 amide bonds. The SMILES string of the molecule is CCC/C(C#N)=C(/Cl)c1ccc(Cl)o1. The number of halogens is 2. The van der Waals surface area contributed by atoms with Crippen molar-refractivity contribution in [2.75, 3.05) is 0 Å². The highest BCUT2D eigenvalue weighted by atomic mass is 35.5. The Morgan fingerprint density at radius 1 is 1.57 bits per heavy atom. The highest BCUT2D eigenvalue weighted by molar-refractivity contribution is 6.49. The topological polar surface area (TPSA) is 36.9 Å². The maximum atomic E-state index is 8.83. The number of hydrogen-bond acceptors (Lipinski definition) is 2. The summed E-state index contributed by atoms with van der Waals surface area (Å²) in [4.78, 5) is 0. The molecule has 0 aromatic carbocycles. The number of hydrogen-bond donors (Lipinski definition) is 0. The molecule has 0 bridgehead atoms. The molecule has 0 aliphatic heterocycles. The summed E-state index contributed by atoms with van der Waals surface area (Å²) in [5.74, 6) is 0.446. The van der Waals surface area contributed by atoms with Gasteiger partial charge in [-0.25, -0.2) is 0 Å². The highest BCUT2D eigenvalue weighted by Gasteiger charge is 2.09. The van der Waals surface area contributed by atoms with Gasteiger partial charge < -0.3 is 4.42 Å². The number of furan rings is 1. The predicted octanol–water partition coefficient (Wildman–Crippen LogP) is 4.21. The molecule has 0 saturated heterocycles. The Kier molecular flexibility index (Phi) is 4.06. The van der Waals surface area contributed by atoms with E-state index in [2.05, 4.69) is 6.07 Å². The minimum atomic E-state index is 0.270. The monoisotopic (exact) mass is 229 g/mol. The molecule has 0 atom stereocenters. The molecule has 0 spiro atoms. The fourth-order valence-corrected chi connectivity index (χ4v) is 1.43. The number of nitrogens with zero attached hydrogens (tertiary/aromatic N) is 1. The predicted molar refractivity (Wildman–Crippen MR) is 57.0 cm³/mol. The Labute approximate surface area is 92.7 Å². The van der Waals surface area contributed by atoms with Crippen molar-refractivity contribution in [1.29, 1.82) is 5.26 Å². The molecule has 74 valence electrons. The smallest absolute Gasteiger partial charge is 0.193 e. The van der Waals surface area contributed by atoms with E-state index in [9.17, 15) is 0 Å². The van der Waals surface area contributed by atoms with E-state index in [1.54, 1.807) is 12.1 Å². The number of allylic oxidation sites excluding steroid dienone is 1. The van der Waals surface area contributed by atoms with Crippen LogP contribution >= 0.6 is 23.2 Å². The molecule has 1 rings (SSSR count). The number of rotatable bonds is 3. The van der Waals surface area contributed by atoms with Crippen LogP contribution in [-0.2, 0) is 0 Å². The summed E-state index contributed by atoms with van der Waals surface area (Å²) in [5.41, 5.74) is 0.528. The van der Waals surface area contributed by atoms with E-state index in [0.717, 1.165) is 6.42 Å². The van der Waals surface area contributed by atoms with Crippen molar-refractivity contribution < 1.29 is 4.42 Å². The van der Waals surface area contributed by atoms with Crippen LogP contribution in [0.3, 0.4) is 0 Å². The van der Waals surface area contributed by atoms with Crippen molar-refractivity contribution in [1.82, 2.24) is 0 Å². The molecule has 1 aromatic heterocycles. The van der Waals surface area contributed by atoms with Crippen molar-refractivity contribution >= 4 is 28.2 Å². The second-order valence-corrected chi connectivity index (χ2v) is 3.51. The first-order chi connectivity index (χ1) is 6.69. The van der Waals surface area contributed by atoms with Gasteiger partial charge in [0, 0.05) is 0 Å². The van der Waals surface area contributed by atoms with Gasteiger partial charge in [-0.3, -0.25) is 0 Å². The molecule has 14 heavy (non-hydrogen) atoms. The molecule has 0 aliphatic rings. The van der Waals surface area contributed by atoms with E-state index < -0.39 is 0 Å². The minimum absolute atomic E-state index is 0.270. The van der Waals surface area contributed by atoms with Gasteiger partial charge >= 0.3 is 0 Å². The fourth-order valence-electron chi connectivity index (χ4n) is 1.05. The van der Waals surface area contributed by atoms with E-state index in [1.807, 2.05) is 6.92 Å². The Balaban J connectivity index is 3.02. The van der Waals surface area contributed by atoms with Crippen LogP contribution in [0.5, 0.6) is 0 Å². The molecule has 0 N–H and O–H groups in total. The summed E-state index contributed by atoms with van der Waals surface area (Å²) >= 11 is 11.6. The minimum Gasteiger partial charge on any atom is -0.444 e. The largest absolute Gasteiger partial charge is 0.444 e. The van der Waals surface area contributed by atoms with Crippen molar-refractivity contribution in [3.8, 4) is 6.07 Å². The third kappa shape index (κ3) is 2.54. The van der Waals surface area contributed by atoms with Crippen LogP contribution in [0.15, 0.2) is 22.1 Å². The number of nitriles is 1. The zero-order valence-electron chi connectivity index (χ0n) is 7.68. The van der Waals surface area contributed by atoms with Crippen LogP contribution < -0.4 is 0 Å². The molecule has 1 heterocycles. The van der Waals surface area contributed by atoms with Crippen LogP contribution in [0.4, 0.5) is 0 Å². The van der Waals surface area contributed by atoms with E-state index in [0.29, 0.717) is 22.8 Å². The second kappa shape index (κ2) is 5.09. The lowest BCUT2D eigenvalue weighted by atomic mass is 10.1. The Morgan fingerprint density at radius 2 is 2.29 bits per heavy atom. The second-order valence-electron chi connectivity index (χ2n) is 2.76. The summed E-state index contributed by atoms with van der Waals surface area (Å²) < 4.78 is 5.10. The maximum absolute atomic E-state index is 8.83. The molecule has 1 aromatic rings. The van der Waals surface area contributed by atoms with Gasteiger partial charge in [0.25, 0.3) is 0 Å². The molecule has 4 heteroatoms. The zero-order chi connectivity index (χ0) is 10.6. The normalized spacial score (nSPS) is 12.1. The molecule has 0 radical (unpaired) electrons. The zero-order valence-corrected chi connectivity index (χ0v) is 9.19. The van der Waals surface area contributed by atoms with Crippen LogP contribution in [0, 0.1) is 11.3 Å². The lowest BCUT2D eigenvalue weighted by molar-refractivity contribution is 0.557. The summed E-state index contributed by atoms with van der Waals surface area (Å²) in [6.07, 6.45) is 1.52. The quantitative estimate of drug-likeness (QED) is 0.729. The average molecular weight is 230 g/mol. The standard InChI is InChI=1S/C10H9Cl2NO/c1-2-3-7(6-13)10(12)8-4-5-9(11)14-8/h4-5H,2-3H2,1H3/b10-7-. The summed E-state index contributed by atoms with van der Waals surface area (Å²) in [5, 5.41) is 9.45. The first kappa shape index (κ1) is 11.2. The van der Waals surface area contributed by atoms with Crippen molar-refractivity contribution in [3.63, 3.8) is 0 Å². The summed E-state index contributed by atoms with van der Waals surface area (Å²) in [7, 11) is 0. The van der Waals surface area contributed by atoms with Crippen LogP contribution in [0.25, 0.3) is 5.03 Å². The van der Waals surface area contributed by atoms with Crippen molar-refractivity contribution in [3.05, 3.63) is 28.7 Å². The van der Waals surface area contributed by atoms with Gasteiger partial charge in [-0.2, -0.15) is 5.26 Å². The lowest BCUT2D eigenvalue weighted by Gasteiger charge is -1.98. The Hall–Kier alpha value is -0.910. The van der Waals surface area contributed by atoms with Crippen molar-refractivity contribution in [2.45, 2.75) is 19.8 Å². The maximum Gasteiger partial charge on any atom is 0.193 e. The summed E-state index contributed by atoms with van der Waals surface area (Å²) in [6, 6.07) is 5.30. The van der Waals surface area contributed by atoms with Crippen LogP contribution in [0.2, 0.25) is 5.22 Å². The third-order valence-corrected chi connectivity index (χ3v) is 2.31. The van der Waals surface area contributed by atoms with Crippen molar-refractivity contribution in [2.24, 2.45) is 0 Å². The Morgan fingerprint density at radius 3 is 2.71 bits per heavy atom. The van der Waals surface area contributed by atoms with E-state index >= 15 is 0 Å². The van der Waals surface area contributed by atoms with Gasteiger partial charge in [-0.15, -0.1) is 0 Å². The molecule has 0 aliphatic carbocycles. The highest BCUT2D eigenvalue weighted by Crippen LogP contribution is 2.28. The van der Waals surface area contributed by atoms with E-state index in [-0.39, 0.29) is 5.22 Å². The van der Waals surface area contributed by atoms with E-state index in [1.165, 1.54) is 0 Å². The first-order valence-electron chi connectivity index (χ1n) is 4.23. The fraction of sp³-hybridized carbons (Fsp3) is 0.300. The molecular formula is C10H9Cl2NO. The van der Waals surface area contributed by atoms with Gasteiger partial charge in [0.05, 0.1) is 16.7 Å². The van der Waals surface area contributed by atoms with Gasteiger partial charge in [0.1, 0.15) is 5.76 Å². The summed E-state index contributed by atoms with van der Waals surface area (Å²) in [6.45, 7) is 1.98. The molecule has 2 nitrogen and oxygen atoms in total. The van der Waals surface area contributed by atoms with Crippen LogP contribution in [-0.4, -0.2) is 0 Å². The van der Waals surface area contributed by atoms with Gasteiger partial charge in [-0.05, 0) is 30.2 Å². The molecular weight excluding hydrogens is 221 g/mol. The average Bonchev–Trinajstić information content (AvgIpc) is 2.60. The third-order valence-electron chi connectivity index (χ3n) is 1.69. The van der Waals surface area contributed by atoms with Gasteiger partial charge in [0.15, 0.2) is 5.22 Å². The first-order valence-corrected chi connectivity index (χ1v) is 4.99. The van der Waals surface area contributed by atoms with E-state index in [4.69, 9.17) is 32.9 Å². The lowest BCUT2D eigenvalue weighted by Crippen LogP contribution is -1.82. The Bertz CT molecular complexity index is 387. The van der Waals surface area contributed by atoms with Gasteiger partial charge in [-0.1, -0.05) is 24.9 Å². The molecule has 0 fully saturated rings. The molecule has 0 saturated carbocycles. The molecule has 0 unspecified atom stereocenters.